The maximum absolute atomic E-state index is 12.7. The number of ether oxygens (including phenoxy) is 1. The van der Waals surface area contributed by atoms with Crippen LogP contribution in [0.25, 0.3) is 0 Å². The first-order valence-electron chi connectivity index (χ1n) is 9.31. The Kier molecular flexibility index (Phi) is 6.52. The van der Waals surface area contributed by atoms with E-state index in [9.17, 15) is 4.79 Å². The second-order valence-electron chi connectivity index (χ2n) is 6.29. The van der Waals surface area contributed by atoms with Gasteiger partial charge in [-0.05, 0) is 51.1 Å². The SMILES string of the molecule is CCOc1ccccc1N/C(=N/c1nc(C)cc(C)n1)NC(=O)c1ccccc1. The smallest absolute Gasteiger partial charge is 0.257 e. The van der Waals surface area contributed by atoms with E-state index in [0.29, 0.717) is 23.6 Å². The highest BCUT2D eigenvalue weighted by Crippen LogP contribution is 2.23. The number of anilines is 1. The number of aryl methyl sites for hydroxylation is 2. The third kappa shape index (κ3) is 5.62. The minimum absolute atomic E-state index is 0.205. The fraction of sp³-hybridized carbons (Fsp3) is 0.182. The minimum atomic E-state index is -0.296. The minimum Gasteiger partial charge on any atom is -0.492 e. The van der Waals surface area contributed by atoms with Crippen molar-refractivity contribution in [2.45, 2.75) is 20.8 Å². The van der Waals surface area contributed by atoms with Crippen molar-refractivity contribution in [1.82, 2.24) is 15.3 Å². The molecule has 148 valence electrons. The Morgan fingerprint density at radius 1 is 1.00 bits per heavy atom. The quantitative estimate of drug-likeness (QED) is 0.508. The summed E-state index contributed by atoms with van der Waals surface area (Å²) in [7, 11) is 0. The Bertz CT molecular complexity index is 998. The molecule has 1 aromatic heterocycles. The second kappa shape index (κ2) is 9.45. The highest BCUT2D eigenvalue weighted by molar-refractivity contribution is 6.10. The third-order valence-corrected chi connectivity index (χ3v) is 3.89. The number of hydrogen-bond acceptors (Lipinski definition) is 5. The number of benzene rings is 2. The molecule has 0 aliphatic rings. The van der Waals surface area contributed by atoms with Gasteiger partial charge in [0.15, 0.2) is 0 Å². The summed E-state index contributed by atoms with van der Waals surface area (Å²) >= 11 is 0. The molecule has 2 N–H and O–H groups in total. The van der Waals surface area contributed by atoms with Crippen molar-refractivity contribution in [1.29, 1.82) is 0 Å². The van der Waals surface area contributed by atoms with Crippen molar-refractivity contribution >= 4 is 23.5 Å². The molecule has 0 bridgehead atoms. The Balaban J connectivity index is 1.95. The van der Waals surface area contributed by atoms with Crippen LogP contribution >= 0.6 is 0 Å². The highest BCUT2D eigenvalue weighted by Gasteiger charge is 2.12. The topological polar surface area (TPSA) is 88.5 Å². The molecule has 0 aliphatic carbocycles. The van der Waals surface area contributed by atoms with Crippen LogP contribution in [0.5, 0.6) is 5.75 Å². The zero-order valence-corrected chi connectivity index (χ0v) is 16.6. The molecule has 0 saturated carbocycles. The van der Waals surface area contributed by atoms with Gasteiger partial charge in [0.05, 0.1) is 12.3 Å². The molecular weight excluding hydrogens is 366 g/mol. The van der Waals surface area contributed by atoms with Crippen molar-refractivity contribution in [3.8, 4) is 5.75 Å². The van der Waals surface area contributed by atoms with Gasteiger partial charge < -0.3 is 10.1 Å². The molecule has 0 spiro atoms. The molecule has 3 aromatic rings. The van der Waals surface area contributed by atoms with E-state index in [1.807, 2.05) is 57.2 Å². The second-order valence-corrected chi connectivity index (χ2v) is 6.29. The lowest BCUT2D eigenvalue weighted by atomic mass is 10.2. The third-order valence-electron chi connectivity index (χ3n) is 3.89. The molecule has 0 radical (unpaired) electrons. The van der Waals surface area contributed by atoms with Crippen molar-refractivity contribution < 1.29 is 9.53 Å². The average Bonchev–Trinajstić information content (AvgIpc) is 2.69. The maximum atomic E-state index is 12.7. The van der Waals surface area contributed by atoms with Gasteiger partial charge in [-0.15, -0.1) is 0 Å². The van der Waals surface area contributed by atoms with E-state index in [1.54, 1.807) is 24.3 Å². The van der Waals surface area contributed by atoms with Gasteiger partial charge in [-0.2, -0.15) is 4.99 Å². The van der Waals surface area contributed by atoms with Gasteiger partial charge in [-0.1, -0.05) is 30.3 Å². The number of carbonyl (C=O) groups is 1. The number of para-hydroxylation sites is 2. The fourth-order valence-electron chi connectivity index (χ4n) is 2.69. The average molecular weight is 389 g/mol. The Hall–Kier alpha value is -3.74. The number of guanidine groups is 1. The summed E-state index contributed by atoms with van der Waals surface area (Å²) in [6, 6.07) is 18.2. The summed E-state index contributed by atoms with van der Waals surface area (Å²) in [5.41, 5.74) is 2.77. The molecule has 7 nitrogen and oxygen atoms in total. The van der Waals surface area contributed by atoms with Gasteiger partial charge in [0.1, 0.15) is 5.75 Å². The molecule has 0 aliphatic heterocycles. The molecule has 0 saturated heterocycles. The lowest BCUT2D eigenvalue weighted by Gasteiger charge is -2.15. The number of carbonyl (C=O) groups excluding carboxylic acids is 1. The zero-order chi connectivity index (χ0) is 20.6. The lowest BCUT2D eigenvalue weighted by Crippen LogP contribution is -2.36. The van der Waals surface area contributed by atoms with Crippen LogP contribution in [0.15, 0.2) is 65.7 Å². The van der Waals surface area contributed by atoms with Crippen LogP contribution in [0.3, 0.4) is 0 Å². The summed E-state index contributed by atoms with van der Waals surface area (Å²) in [6.45, 7) is 6.16. The fourth-order valence-corrected chi connectivity index (χ4v) is 2.69. The van der Waals surface area contributed by atoms with Crippen molar-refractivity contribution in [3.05, 3.63) is 77.6 Å². The van der Waals surface area contributed by atoms with E-state index >= 15 is 0 Å². The number of aliphatic imine (C=N–C) groups is 1. The molecule has 0 fully saturated rings. The van der Waals surface area contributed by atoms with Crippen LogP contribution in [-0.2, 0) is 0 Å². The van der Waals surface area contributed by atoms with Gasteiger partial charge in [0.2, 0.25) is 5.96 Å². The first kappa shape index (κ1) is 20.0. The molecular formula is C22H23N5O2. The molecule has 3 rings (SSSR count). The lowest BCUT2D eigenvalue weighted by molar-refractivity contribution is 0.0977. The number of hydrogen-bond donors (Lipinski definition) is 2. The number of nitrogens with zero attached hydrogens (tertiary/aromatic N) is 3. The largest absolute Gasteiger partial charge is 0.492 e. The van der Waals surface area contributed by atoms with Crippen LogP contribution in [-0.4, -0.2) is 28.4 Å². The Morgan fingerprint density at radius 3 is 2.34 bits per heavy atom. The standard InChI is InChI=1S/C22H23N5O2/c1-4-29-19-13-9-8-12-18(19)25-22(26-20(28)17-10-6-5-7-11-17)27-21-23-15(2)14-16(3)24-21/h5-14H,4H2,1-3H3,(H2,23,24,25,26,27,28). The molecule has 2 aromatic carbocycles. The summed E-state index contributed by atoms with van der Waals surface area (Å²) in [4.78, 5) is 25.8. The van der Waals surface area contributed by atoms with E-state index < -0.39 is 0 Å². The molecule has 0 unspecified atom stereocenters. The first-order valence-corrected chi connectivity index (χ1v) is 9.31. The van der Waals surface area contributed by atoms with E-state index in [2.05, 4.69) is 25.6 Å². The van der Waals surface area contributed by atoms with Crippen LogP contribution in [0.1, 0.15) is 28.7 Å². The molecule has 1 heterocycles. The van der Waals surface area contributed by atoms with Crippen molar-refractivity contribution in [3.63, 3.8) is 0 Å². The van der Waals surface area contributed by atoms with Crippen molar-refractivity contribution in [2.24, 2.45) is 4.99 Å². The number of aromatic nitrogens is 2. The van der Waals surface area contributed by atoms with Crippen LogP contribution in [0, 0.1) is 13.8 Å². The Morgan fingerprint density at radius 2 is 1.66 bits per heavy atom. The zero-order valence-electron chi connectivity index (χ0n) is 16.6. The van der Waals surface area contributed by atoms with E-state index in [1.165, 1.54) is 0 Å². The maximum Gasteiger partial charge on any atom is 0.257 e. The molecule has 7 heteroatoms. The van der Waals surface area contributed by atoms with Crippen LogP contribution in [0.2, 0.25) is 0 Å². The first-order chi connectivity index (χ1) is 14.0. The summed E-state index contributed by atoms with van der Waals surface area (Å²) < 4.78 is 5.65. The number of nitrogens with one attached hydrogen (secondary N) is 2. The highest BCUT2D eigenvalue weighted by atomic mass is 16.5. The van der Waals surface area contributed by atoms with Crippen LogP contribution in [0.4, 0.5) is 11.6 Å². The molecule has 1 amide bonds. The predicted molar refractivity (Wildman–Crippen MR) is 114 cm³/mol. The van der Waals surface area contributed by atoms with E-state index in [-0.39, 0.29) is 17.8 Å². The number of rotatable bonds is 5. The van der Waals surface area contributed by atoms with Gasteiger partial charge in [-0.25, -0.2) is 9.97 Å². The molecule has 29 heavy (non-hydrogen) atoms. The number of amides is 1. The molecule has 0 atom stereocenters. The summed E-state index contributed by atoms with van der Waals surface area (Å²) in [5, 5.41) is 5.94. The van der Waals surface area contributed by atoms with Crippen molar-refractivity contribution in [2.75, 3.05) is 11.9 Å². The summed E-state index contributed by atoms with van der Waals surface area (Å²) in [5.74, 6) is 0.816. The van der Waals surface area contributed by atoms with Crippen LogP contribution < -0.4 is 15.4 Å². The van der Waals surface area contributed by atoms with Gasteiger partial charge in [0, 0.05) is 17.0 Å². The van der Waals surface area contributed by atoms with E-state index in [0.717, 1.165) is 11.4 Å². The monoisotopic (exact) mass is 389 g/mol. The van der Waals surface area contributed by atoms with E-state index in [4.69, 9.17) is 4.74 Å². The van der Waals surface area contributed by atoms with Gasteiger partial charge in [0.25, 0.3) is 11.9 Å². The predicted octanol–water partition coefficient (Wildman–Crippen LogP) is 4.02. The van der Waals surface area contributed by atoms with Gasteiger partial charge in [-0.3, -0.25) is 10.1 Å². The van der Waals surface area contributed by atoms with Gasteiger partial charge >= 0.3 is 0 Å². The normalized spacial score (nSPS) is 11.1. The summed E-state index contributed by atoms with van der Waals surface area (Å²) in [6.07, 6.45) is 0. The Labute approximate surface area is 169 Å².